The van der Waals surface area contributed by atoms with E-state index in [2.05, 4.69) is 28.4 Å². The smallest absolute Gasteiger partial charge is 0.269 e. The summed E-state index contributed by atoms with van der Waals surface area (Å²) in [5, 5.41) is 21.9. The second kappa shape index (κ2) is 11.2. The maximum Gasteiger partial charge on any atom is 0.269 e. The number of anilines is 3. The van der Waals surface area contributed by atoms with Crippen LogP contribution in [0.25, 0.3) is 0 Å². The van der Waals surface area contributed by atoms with Crippen molar-refractivity contribution < 1.29 is 14.5 Å². The van der Waals surface area contributed by atoms with Crippen molar-refractivity contribution in [3.05, 3.63) is 87.9 Å². The minimum atomic E-state index is -0.422. The summed E-state index contributed by atoms with van der Waals surface area (Å²) in [6, 6.07) is 12.5. The summed E-state index contributed by atoms with van der Waals surface area (Å²) < 4.78 is 7.51. The van der Waals surface area contributed by atoms with Crippen LogP contribution in [0.2, 0.25) is 0 Å². The van der Waals surface area contributed by atoms with Crippen LogP contribution in [0.3, 0.4) is 0 Å². The van der Waals surface area contributed by atoms with Crippen molar-refractivity contribution >= 4 is 28.8 Å². The van der Waals surface area contributed by atoms with Crippen LogP contribution in [0.4, 0.5) is 22.9 Å². The molecule has 2 aromatic carbocycles. The quantitative estimate of drug-likeness (QED) is 0.230. The number of nitro groups is 1. The van der Waals surface area contributed by atoms with Crippen LogP contribution in [-0.2, 0) is 29.7 Å². The molecule has 1 saturated carbocycles. The Morgan fingerprint density at radius 2 is 1.95 bits per heavy atom. The van der Waals surface area contributed by atoms with Gasteiger partial charge in [-0.1, -0.05) is 6.07 Å². The first-order valence-corrected chi connectivity index (χ1v) is 13.3. The van der Waals surface area contributed by atoms with Gasteiger partial charge < -0.3 is 20.3 Å². The topological polar surface area (TPSA) is 115 Å². The van der Waals surface area contributed by atoms with E-state index in [1.54, 1.807) is 12.1 Å². The Kier molecular flexibility index (Phi) is 7.53. The molecule has 204 valence electrons. The Morgan fingerprint density at radius 3 is 2.67 bits per heavy atom. The van der Waals surface area contributed by atoms with Gasteiger partial charge in [0.1, 0.15) is 12.4 Å². The fourth-order valence-electron chi connectivity index (χ4n) is 5.35. The molecule has 0 unspecified atom stereocenters. The number of nitrogens with zero attached hydrogens (tertiary/aromatic N) is 4. The normalized spacial score (nSPS) is 18.3. The SMILES string of the molecule is C=C(NCC1CCC(C(=O)N2Cc3cnn(C)c3Nc3cc(C)ccc32)CC1)OCc1ccc([N+](=O)[O-])cc1. The lowest BCUT2D eigenvalue weighted by Gasteiger charge is -2.32. The highest BCUT2D eigenvalue weighted by Crippen LogP contribution is 2.39. The highest BCUT2D eigenvalue weighted by molar-refractivity contribution is 5.99. The molecule has 0 atom stereocenters. The second-order valence-electron chi connectivity index (χ2n) is 10.4. The number of ether oxygens (including phenoxy) is 1. The van der Waals surface area contributed by atoms with Gasteiger partial charge in [-0.15, -0.1) is 0 Å². The van der Waals surface area contributed by atoms with Crippen LogP contribution in [0.5, 0.6) is 0 Å². The van der Waals surface area contributed by atoms with Gasteiger partial charge in [0.2, 0.25) is 5.91 Å². The number of amides is 1. The van der Waals surface area contributed by atoms with Crippen molar-refractivity contribution in [2.45, 2.75) is 45.8 Å². The van der Waals surface area contributed by atoms with E-state index in [9.17, 15) is 14.9 Å². The zero-order valence-corrected chi connectivity index (χ0v) is 22.4. The van der Waals surface area contributed by atoms with Gasteiger partial charge in [0.15, 0.2) is 5.88 Å². The minimum absolute atomic E-state index is 0.0183. The fraction of sp³-hybridized carbons (Fsp3) is 0.379. The van der Waals surface area contributed by atoms with Gasteiger partial charge in [-0.05, 0) is 80.5 Å². The van der Waals surface area contributed by atoms with E-state index >= 15 is 0 Å². The number of fused-ring (bicyclic) bond motifs is 2. The van der Waals surface area contributed by atoms with Crippen LogP contribution in [0, 0.1) is 28.9 Å². The molecule has 0 bridgehead atoms. The molecule has 3 aromatic rings. The predicted octanol–water partition coefficient (Wildman–Crippen LogP) is 5.31. The molecule has 0 spiro atoms. The first-order valence-electron chi connectivity index (χ1n) is 13.3. The van der Waals surface area contributed by atoms with Crippen molar-refractivity contribution in [1.29, 1.82) is 0 Å². The molecular formula is C29H34N6O4. The van der Waals surface area contributed by atoms with Crippen LogP contribution in [0.15, 0.2) is 61.1 Å². The Morgan fingerprint density at radius 1 is 1.21 bits per heavy atom. The van der Waals surface area contributed by atoms with E-state index in [4.69, 9.17) is 4.74 Å². The molecular weight excluding hydrogens is 496 g/mol. The lowest BCUT2D eigenvalue weighted by atomic mass is 9.81. The molecule has 2 heterocycles. The number of hydrogen-bond donors (Lipinski definition) is 2. The van der Waals surface area contributed by atoms with Crippen LogP contribution >= 0.6 is 0 Å². The molecule has 2 N–H and O–H groups in total. The van der Waals surface area contributed by atoms with E-state index in [0.29, 0.717) is 18.3 Å². The number of carbonyl (C=O) groups is 1. The number of benzene rings is 2. The van der Waals surface area contributed by atoms with E-state index in [1.165, 1.54) is 12.1 Å². The molecule has 39 heavy (non-hydrogen) atoms. The number of carbonyl (C=O) groups excluding carboxylic acids is 1. The molecule has 0 saturated heterocycles. The summed E-state index contributed by atoms with van der Waals surface area (Å²) in [5.41, 5.74) is 4.86. The van der Waals surface area contributed by atoms with E-state index < -0.39 is 4.92 Å². The zero-order chi connectivity index (χ0) is 27.5. The molecule has 1 aromatic heterocycles. The Hall–Kier alpha value is -4.34. The van der Waals surface area contributed by atoms with Crippen LogP contribution in [0.1, 0.15) is 42.4 Å². The van der Waals surface area contributed by atoms with Crippen molar-refractivity contribution in [2.24, 2.45) is 18.9 Å². The summed E-state index contributed by atoms with van der Waals surface area (Å²) >= 11 is 0. The van der Waals surface area contributed by atoms with E-state index in [1.807, 2.05) is 41.9 Å². The maximum absolute atomic E-state index is 13.8. The Labute approximate surface area is 227 Å². The molecule has 1 fully saturated rings. The maximum atomic E-state index is 13.8. The van der Waals surface area contributed by atoms with Crippen molar-refractivity contribution in [3.63, 3.8) is 0 Å². The first-order chi connectivity index (χ1) is 18.8. The van der Waals surface area contributed by atoms with Crippen molar-refractivity contribution in [2.75, 3.05) is 16.8 Å². The van der Waals surface area contributed by atoms with Gasteiger partial charge in [0.25, 0.3) is 5.69 Å². The van der Waals surface area contributed by atoms with Gasteiger partial charge in [-0.25, -0.2) is 0 Å². The zero-order valence-electron chi connectivity index (χ0n) is 22.4. The average Bonchev–Trinajstić information content (AvgIpc) is 3.18. The summed E-state index contributed by atoms with van der Waals surface area (Å²) in [6.45, 7) is 7.51. The average molecular weight is 531 g/mol. The van der Waals surface area contributed by atoms with Crippen LogP contribution < -0.4 is 15.5 Å². The van der Waals surface area contributed by atoms with Gasteiger partial charge in [0.05, 0.1) is 29.0 Å². The largest absolute Gasteiger partial charge is 0.475 e. The Bertz CT molecular complexity index is 1370. The highest BCUT2D eigenvalue weighted by atomic mass is 16.6. The van der Waals surface area contributed by atoms with Crippen molar-refractivity contribution in [3.8, 4) is 0 Å². The Balaban J connectivity index is 1.13. The number of rotatable bonds is 8. The van der Waals surface area contributed by atoms with E-state index in [0.717, 1.165) is 66.1 Å². The lowest BCUT2D eigenvalue weighted by Crippen LogP contribution is -2.38. The van der Waals surface area contributed by atoms with Gasteiger partial charge in [-0.3, -0.25) is 19.6 Å². The highest BCUT2D eigenvalue weighted by Gasteiger charge is 2.33. The van der Waals surface area contributed by atoms with Gasteiger partial charge in [0, 0.05) is 37.2 Å². The predicted molar refractivity (Wildman–Crippen MR) is 149 cm³/mol. The number of nitro benzene ring substituents is 1. The molecule has 10 heteroatoms. The number of aromatic nitrogens is 2. The molecule has 2 aliphatic rings. The molecule has 1 aliphatic carbocycles. The monoisotopic (exact) mass is 530 g/mol. The molecule has 0 radical (unpaired) electrons. The van der Waals surface area contributed by atoms with E-state index in [-0.39, 0.29) is 24.1 Å². The van der Waals surface area contributed by atoms with Crippen LogP contribution in [-0.4, -0.2) is 27.2 Å². The number of aryl methyl sites for hydroxylation is 2. The molecule has 10 nitrogen and oxygen atoms in total. The van der Waals surface area contributed by atoms with Crippen molar-refractivity contribution in [1.82, 2.24) is 15.1 Å². The summed E-state index contributed by atoms with van der Waals surface area (Å²) in [4.78, 5) is 26.1. The third-order valence-electron chi connectivity index (χ3n) is 7.65. The third kappa shape index (κ3) is 5.89. The summed E-state index contributed by atoms with van der Waals surface area (Å²) in [6.07, 6.45) is 5.41. The van der Waals surface area contributed by atoms with Gasteiger partial charge in [-0.2, -0.15) is 5.10 Å². The summed E-state index contributed by atoms with van der Waals surface area (Å²) in [7, 11) is 1.91. The number of non-ortho nitro benzene ring substituents is 1. The molecule has 1 amide bonds. The number of hydrogen-bond acceptors (Lipinski definition) is 7. The first kappa shape index (κ1) is 26.3. The lowest BCUT2D eigenvalue weighted by molar-refractivity contribution is -0.384. The standard InChI is InChI=1S/C29H34N6O4/c1-19-4-13-27-26(14-19)32-28-24(16-31-33(28)3)17-34(27)29(36)23-9-5-21(6-10-23)15-30-20(2)39-18-22-7-11-25(12-8-22)35(37)38/h4,7-8,11-14,16,21,23,30,32H,2,5-6,9-10,15,17-18H2,1,3H3. The molecule has 1 aliphatic heterocycles. The summed E-state index contributed by atoms with van der Waals surface area (Å²) in [5.74, 6) is 1.97. The molecule has 5 rings (SSSR count). The minimum Gasteiger partial charge on any atom is -0.475 e. The fourth-order valence-corrected chi connectivity index (χ4v) is 5.35. The second-order valence-corrected chi connectivity index (χ2v) is 10.4. The van der Waals surface area contributed by atoms with Gasteiger partial charge >= 0.3 is 0 Å². The number of nitrogens with one attached hydrogen (secondary N) is 2. The third-order valence-corrected chi connectivity index (χ3v) is 7.65.